The normalized spacial score (nSPS) is 27.9. The maximum Gasteiger partial charge on any atom is 0.0507 e. The van der Waals surface area contributed by atoms with Crippen LogP contribution in [-0.4, -0.2) is 24.0 Å². The predicted molar refractivity (Wildman–Crippen MR) is 70.8 cm³/mol. The summed E-state index contributed by atoms with van der Waals surface area (Å²) in [6.07, 6.45) is 4.96. The van der Waals surface area contributed by atoms with Gasteiger partial charge in [0, 0.05) is 6.04 Å². The number of hydrogen-bond acceptors (Lipinski definition) is 3. The Bertz CT molecular complexity index is 297. The number of hydrogen-bond donors (Lipinski definition) is 1. The second-order valence-corrected chi connectivity index (χ2v) is 5.48. The molecule has 0 radical (unpaired) electrons. The molecular weight excluding hydrogens is 216 g/mol. The van der Waals surface area contributed by atoms with E-state index in [9.17, 15) is 0 Å². The summed E-state index contributed by atoms with van der Waals surface area (Å²) >= 11 is 1.78. The van der Waals surface area contributed by atoms with Crippen molar-refractivity contribution in [1.29, 1.82) is 0 Å². The summed E-state index contributed by atoms with van der Waals surface area (Å²) in [6, 6.07) is 3.00. The molecule has 2 unspecified atom stereocenters. The first-order chi connectivity index (χ1) is 7.83. The molecule has 0 bridgehead atoms. The third-order valence-corrected chi connectivity index (χ3v) is 4.13. The topological polar surface area (TPSA) is 29.3 Å². The van der Waals surface area contributed by atoms with E-state index in [-0.39, 0.29) is 0 Å². The number of rotatable bonds is 3. The Kier molecular flexibility index (Phi) is 4.38. The Morgan fingerprint density at radius 1 is 1.50 bits per heavy atom. The number of likely N-dealkylation sites (tertiary alicyclic amines) is 1. The van der Waals surface area contributed by atoms with Gasteiger partial charge in [0.15, 0.2) is 0 Å². The summed E-state index contributed by atoms with van der Waals surface area (Å²) in [5.41, 5.74) is 7.78. The van der Waals surface area contributed by atoms with Gasteiger partial charge in [-0.25, -0.2) is 0 Å². The summed E-state index contributed by atoms with van der Waals surface area (Å²) in [5.74, 6) is 0. The van der Waals surface area contributed by atoms with E-state index in [0.29, 0.717) is 12.1 Å². The number of thiophene rings is 1. The van der Waals surface area contributed by atoms with Crippen molar-refractivity contribution in [2.24, 2.45) is 5.73 Å². The highest BCUT2D eigenvalue weighted by Crippen LogP contribution is 2.30. The molecule has 0 saturated carbocycles. The molecule has 0 spiro atoms. The Morgan fingerprint density at radius 2 is 2.38 bits per heavy atom. The molecule has 0 aliphatic carbocycles. The van der Waals surface area contributed by atoms with Crippen LogP contribution < -0.4 is 5.73 Å². The fourth-order valence-corrected chi connectivity index (χ4v) is 3.39. The molecule has 1 aliphatic rings. The van der Waals surface area contributed by atoms with E-state index in [1.807, 2.05) is 0 Å². The average molecular weight is 238 g/mol. The van der Waals surface area contributed by atoms with E-state index in [2.05, 4.69) is 28.7 Å². The lowest BCUT2D eigenvalue weighted by molar-refractivity contribution is 0.186. The van der Waals surface area contributed by atoms with E-state index < -0.39 is 0 Å². The fraction of sp³-hybridized carbons (Fsp3) is 0.692. The molecule has 1 saturated heterocycles. The standard InChI is InChI=1S/C13H22N2S/c1-2-7-15-8-4-3-5-12(14)13(15)11-6-9-16-10-11/h6,9-10,12-13H,2-5,7-8,14H2,1H3. The Labute approximate surface area is 102 Å². The van der Waals surface area contributed by atoms with E-state index in [1.165, 1.54) is 44.3 Å². The number of nitrogens with two attached hydrogens (primary N) is 1. The lowest BCUT2D eigenvalue weighted by atomic mass is 9.98. The van der Waals surface area contributed by atoms with Crippen molar-refractivity contribution in [3.63, 3.8) is 0 Å². The van der Waals surface area contributed by atoms with Crippen LogP contribution in [0.4, 0.5) is 0 Å². The Morgan fingerprint density at radius 3 is 3.06 bits per heavy atom. The minimum atomic E-state index is 0.309. The van der Waals surface area contributed by atoms with Crippen LogP contribution >= 0.6 is 11.3 Å². The molecular formula is C13H22N2S. The first kappa shape index (κ1) is 12.1. The van der Waals surface area contributed by atoms with Gasteiger partial charge in [-0.05, 0) is 54.7 Å². The summed E-state index contributed by atoms with van der Waals surface area (Å²) in [7, 11) is 0. The van der Waals surface area contributed by atoms with Gasteiger partial charge in [-0.1, -0.05) is 13.3 Å². The maximum absolute atomic E-state index is 6.35. The Balaban J connectivity index is 2.19. The molecule has 90 valence electrons. The monoisotopic (exact) mass is 238 g/mol. The molecule has 2 nitrogen and oxygen atoms in total. The van der Waals surface area contributed by atoms with Crippen molar-refractivity contribution >= 4 is 11.3 Å². The van der Waals surface area contributed by atoms with Crippen molar-refractivity contribution in [3.05, 3.63) is 22.4 Å². The lowest BCUT2D eigenvalue weighted by Gasteiger charge is -2.32. The van der Waals surface area contributed by atoms with Crippen LogP contribution in [0.3, 0.4) is 0 Å². The van der Waals surface area contributed by atoms with Gasteiger partial charge in [-0.3, -0.25) is 4.90 Å². The minimum absolute atomic E-state index is 0.309. The van der Waals surface area contributed by atoms with Gasteiger partial charge in [-0.15, -0.1) is 0 Å². The summed E-state index contributed by atoms with van der Waals surface area (Å²) in [6.45, 7) is 4.64. The molecule has 1 aromatic heterocycles. The SMILES string of the molecule is CCCN1CCCCC(N)C1c1ccsc1. The third kappa shape index (κ3) is 2.65. The van der Waals surface area contributed by atoms with Crippen molar-refractivity contribution in [2.75, 3.05) is 13.1 Å². The average Bonchev–Trinajstić information content (AvgIpc) is 2.72. The molecule has 0 aromatic carbocycles. The summed E-state index contributed by atoms with van der Waals surface area (Å²) in [5, 5.41) is 4.43. The van der Waals surface area contributed by atoms with E-state index in [4.69, 9.17) is 5.73 Å². The van der Waals surface area contributed by atoms with E-state index in [0.717, 1.165) is 0 Å². The zero-order chi connectivity index (χ0) is 11.4. The van der Waals surface area contributed by atoms with Crippen LogP contribution in [0.2, 0.25) is 0 Å². The van der Waals surface area contributed by atoms with Crippen molar-refractivity contribution in [3.8, 4) is 0 Å². The van der Waals surface area contributed by atoms with Crippen LogP contribution in [0.25, 0.3) is 0 Å². The highest BCUT2D eigenvalue weighted by Gasteiger charge is 2.28. The van der Waals surface area contributed by atoms with E-state index in [1.54, 1.807) is 11.3 Å². The van der Waals surface area contributed by atoms with E-state index >= 15 is 0 Å². The summed E-state index contributed by atoms with van der Waals surface area (Å²) < 4.78 is 0. The van der Waals surface area contributed by atoms with Gasteiger partial charge in [0.25, 0.3) is 0 Å². The zero-order valence-corrected chi connectivity index (χ0v) is 10.9. The fourth-order valence-electron chi connectivity index (χ4n) is 2.70. The molecule has 2 N–H and O–H groups in total. The van der Waals surface area contributed by atoms with Gasteiger partial charge in [-0.2, -0.15) is 11.3 Å². The molecule has 2 heterocycles. The molecule has 2 rings (SSSR count). The lowest BCUT2D eigenvalue weighted by Crippen LogP contribution is -2.39. The largest absolute Gasteiger partial charge is 0.326 e. The maximum atomic E-state index is 6.35. The first-order valence-electron chi connectivity index (χ1n) is 6.34. The number of nitrogens with zero attached hydrogens (tertiary/aromatic N) is 1. The zero-order valence-electron chi connectivity index (χ0n) is 10.1. The van der Waals surface area contributed by atoms with Gasteiger partial charge in [0.2, 0.25) is 0 Å². The second-order valence-electron chi connectivity index (χ2n) is 4.70. The van der Waals surface area contributed by atoms with Crippen LogP contribution in [0.1, 0.15) is 44.2 Å². The Hall–Kier alpha value is -0.380. The third-order valence-electron chi connectivity index (χ3n) is 3.43. The van der Waals surface area contributed by atoms with Crippen LogP contribution in [0, 0.1) is 0 Å². The summed E-state index contributed by atoms with van der Waals surface area (Å²) in [4.78, 5) is 2.58. The van der Waals surface area contributed by atoms with Crippen LogP contribution in [-0.2, 0) is 0 Å². The smallest absolute Gasteiger partial charge is 0.0507 e. The quantitative estimate of drug-likeness (QED) is 0.877. The van der Waals surface area contributed by atoms with Gasteiger partial charge < -0.3 is 5.73 Å². The highest BCUT2D eigenvalue weighted by molar-refractivity contribution is 7.07. The molecule has 16 heavy (non-hydrogen) atoms. The highest BCUT2D eigenvalue weighted by atomic mass is 32.1. The molecule has 3 heteroatoms. The predicted octanol–water partition coefficient (Wildman–Crippen LogP) is 3.01. The van der Waals surface area contributed by atoms with Crippen LogP contribution in [0.15, 0.2) is 16.8 Å². The van der Waals surface area contributed by atoms with Crippen molar-refractivity contribution < 1.29 is 0 Å². The first-order valence-corrected chi connectivity index (χ1v) is 7.29. The minimum Gasteiger partial charge on any atom is -0.326 e. The molecule has 1 fully saturated rings. The van der Waals surface area contributed by atoms with Gasteiger partial charge in [0.1, 0.15) is 0 Å². The molecule has 2 atom stereocenters. The van der Waals surface area contributed by atoms with Crippen LogP contribution in [0.5, 0.6) is 0 Å². The molecule has 1 aromatic rings. The molecule has 0 amide bonds. The van der Waals surface area contributed by atoms with Crippen molar-refractivity contribution in [1.82, 2.24) is 4.90 Å². The molecule has 1 aliphatic heterocycles. The van der Waals surface area contributed by atoms with Crippen molar-refractivity contribution in [2.45, 2.75) is 44.7 Å². The van der Waals surface area contributed by atoms with Gasteiger partial charge in [0.05, 0.1) is 6.04 Å². The second kappa shape index (κ2) is 5.80. The van der Waals surface area contributed by atoms with Gasteiger partial charge >= 0.3 is 0 Å².